The second kappa shape index (κ2) is 6.13. The largest absolute Gasteiger partial charge is 0.328 e. The third kappa shape index (κ3) is 3.19. The van der Waals surface area contributed by atoms with Crippen LogP contribution in [0.3, 0.4) is 0 Å². The highest BCUT2D eigenvalue weighted by molar-refractivity contribution is 7.18. The van der Waals surface area contributed by atoms with E-state index in [2.05, 4.69) is 26.6 Å². The lowest BCUT2D eigenvalue weighted by Gasteiger charge is -2.02. The van der Waals surface area contributed by atoms with Gasteiger partial charge in [0.15, 0.2) is 0 Å². The number of hydrogen-bond acceptors (Lipinski definition) is 5. The van der Waals surface area contributed by atoms with Crippen LogP contribution in [-0.2, 0) is 0 Å². The molecule has 2 N–H and O–H groups in total. The SMILES string of the molecule is Cc1ccc(-c2nnc(NC(=O)c3ccc[nH]c3=O)s2)c(C)c1. The van der Waals surface area contributed by atoms with E-state index < -0.39 is 11.5 Å². The number of hydrogen-bond donors (Lipinski definition) is 2. The lowest BCUT2D eigenvalue weighted by Crippen LogP contribution is -2.22. The number of anilines is 1. The molecule has 1 amide bonds. The first-order valence-electron chi connectivity index (χ1n) is 6.95. The first-order valence-corrected chi connectivity index (χ1v) is 7.76. The van der Waals surface area contributed by atoms with Crippen molar-refractivity contribution in [1.82, 2.24) is 15.2 Å². The van der Waals surface area contributed by atoms with Gasteiger partial charge in [-0.1, -0.05) is 35.1 Å². The molecule has 23 heavy (non-hydrogen) atoms. The number of nitrogens with one attached hydrogen (secondary N) is 2. The van der Waals surface area contributed by atoms with E-state index in [-0.39, 0.29) is 5.56 Å². The number of pyridine rings is 1. The van der Waals surface area contributed by atoms with Gasteiger partial charge in [-0.05, 0) is 31.5 Å². The van der Waals surface area contributed by atoms with Crippen LogP contribution in [0.2, 0.25) is 0 Å². The molecule has 0 unspecified atom stereocenters. The molecule has 0 saturated carbocycles. The van der Waals surface area contributed by atoms with Crippen LogP contribution >= 0.6 is 11.3 Å². The van der Waals surface area contributed by atoms with Crippen molar-refractivity contribution >= 4 is 22.4 Å². The summed E-state index contributed by atoms with van der Waals surface area (Å²) in [5.41, 5.74) is 2.84. The van der Waals surface area contributed by atoms with Gasteiger partial charge in [0.25, 0.3) is 11.5 Å². The first-order chi connectivity index (χ1) is 11.0. The molecule has 7 heteroatoms. The standard InChI is InChI=1S/C16H14N4O2S/c1-9-5-6-11(10(2)8-9)15-19-20-16(23-15)18-14(22)12-4-3-7-17-13(12)21/h3-8H,1-2H3,(H,17,21)(H,18,20,22). The highest BCUT2D eigenvalue weighted by Gasteiger charge is 2.14. The molecule has 0 radical (unpaired) electrons. The van der Waals surface area contributed by atoms with Crippen molar-refractivity contribution < 1.29 is 4.79 Å². The van der Waals surface area contributed by atoms with Crippen LogP contribution < -0.4 is 10.9 Å². The van der Waals surface area contributed by atoms with Crippen molar-refractivity contribution in [3.05, 3.63) is 63.6 Å². The molecular formula is C16H14N4O2S. The van der Waals surface area contributed by atoms with Gasteiger partial charge in [0, 0.05) is 11.8 Å². The molecular weight excluding hydrogens is 312 g/mol. The van der Waals surface area contributed by atoms with Gasteiger partial charge in [-0.15, -0.1) is 10.2 Å². The minimum absolute atomic E-state index is 0.0377. The number of carbonyl (C=O) groups is 1. The highest BCUT2D eigenvalue weighted by Crippen LogP contribution is 2.29. The van der Waals surface area contributed by atoms with Gasteiger partial charge in [-0.25, -0.2) is 0 Å². The molecule has 0 bridgehead atoms. The van der Waals surface area contributed by atoms with Crippen LogP contribution in [0, 0.1) is 13.8 Å². The Bertz CT molecular complexity index is 930. The van der Waals surface area contributed by atoms with Crippen LogP contribution in [0.25, 0.3) is 10.6 Å². The lowest BCUT2D eigenvalue weighted by atomic mass is 10.1. The number of amides is 1. The summed E-state index contributed by atoms with van der Waals surface area (Å²) in [6.45, 7) is 4.03. The second-order valence-electron chi connectivity index (χ2n) is 5.10. The molecule has 3 aromatic rings. The maximum atomic E-state index is 12.1. The quantitative estimate of drug-likeness (QED) is 0.774. The maximum Gasteiger partial charge on any atom is 0.263 e. The molecule has 3 rings (SSSR count). The Morgan fingerprint density at radius 3 is 2.78 bits per heavy atom. The topological polar surface area (TPSA) is 87.7 Å². The highest BCUT2D eigenvalue weighted by atomic mass is 32.1. The summed E-state index contributed by atoms with van der Waals surface area (Å²) in [6, 6.07) is 9.11. The van der Waals surface area contributed by atoms with Crippen LogP contribution in [0.5, 0.6) is 0 Å². The molecule has 116 valence electrons. The zero-order valence-electron chi connectivity index (χ0n) is 12.6. The number of rotatable bonds is 3. The van der Waals surface area contributed by atoms with Crippen LogP contribution in [0.1, 0.15) is 21.5 Å². The number of carbonyl (C=O) groups excluding carboxylic acids is 1. The molecule has 0 aliphatic carbocycles. The van der Waals surface area contributed by atoms with Gasteiger partial charge in [0.1, 0.15) is 10.6 Å². The summed E-state index contributed by atoms with van der Waals surface area (Å²) in [4.78, 5) is 26.2. The second-order valence-corrected chi connectivity index (χ2v) is 6.08. The van der Waals surface area contributed by atoms with E-state index in [1.54, 1.807) is 6.07 Å². The Kier molecular flexibility index (Phi) is 4.03. The maximum absolute atomic E-state index is 12.1. The molecule has 0 spiro atoms. The van der Waals surface area contributed by atoms with E-state index in [0.717, 1.165) is 16.1 Å². The molecule has 1 aromatic carbocycles. The van der Waals surface area contributed by atoms with Gasteiger partial charge in [-0.3, -0.25) is 14.9 Å². The van der Waals surface area contributed by atoms with E-state index >= 15 is 0 Å². The molecule has 6 nitrogen and oxygen atoms in total. The van der Waals surface area contributed by atoms with Crippen LogP contribution in [0.15, 0.2) is 41.3 Å². The van der Waals surface area contributed by atoms with E-state index in [9.17, 15) is 9.59 Å². The van der Waals surface area contributed by atoms with Crippen molar-refractivity contribution in [2.75, 3.05) is 5.32 Å². The van der Waals surface area contributed by atoms with Crippen LogP contribution in [-0.4, -0.2) is 21.1 Å². The number of aromatic nitrogens is 3. The third-order valence-corrected chi connectivity index (χ3v) is 4.19. The van der Waals surface area contributed by atoms with Gasteiger partial charge in [0.2, 0.25) is 5.13 Å². The Hall–Kier alpha value is -2.80. The molecule has 0 atom stereocenters. The fraction of sp³-hybridized carbons (Fsp3) is 0.125. The van der Waals surface area contributed by atoms with Crippen molar-refractivity contribution in [1.29, 1.82) is 0 Å². The number of benzene rings is 1. The van der Waals surface area contributed by atoms with Crippen molar-refractivity contribution in [2.45, 2.75) is 13.8 Å². The van der Waals surface area contributed by atoms with Crippen molar-refractivity contribution in [2.24, 2.45) is 0 Å². The van der Waals surface area contributed by atoms with Gasteiger partial charge >= 0.3 is 0 Å². The minimum atomic E-state index is -0.504. The smallest absolute Gasteiger partial charge is 0.263 e. The fourth-order valence-corrected chi connectivity index (χ4v) is 3.03. The van der Waals surface area contributed by atoms with Gasteiger partial charge in [0.05, 0.1) is 0 Å². The Balaban J connectivity index is 1.84. The fourth-order valence-electron chi connectivity index (χ4n) is 2.20. The van der Waals surface area contributed by atoms with Gasteiger partial charge < -0.3 is 4.98 Å². The summed E-state index contributed by atoms with van der Waals surface area (Å²) >= 11 is 1.27. The first kappa shape index (κ1) is 15.1. The van der Waals surface area contributed by atoms with E-state index in [4.69, 9.17) is 0 Å². The molecule has 0 aliphatic rings. The van der Waals surface area contributed by atoms with Gasteiger partial charge in [-0.2, -0.15) is 0 Å². The normalized spacial score (nSPS) is 10.5. The number of H-pyrrole nitrogens is 1. The lowest BCUT2D eigenvalue weighted by molar-refractivity contribution is 0.102. The Morgan fingerprint density at radius 2 is 2.04 bits per heavy atom. The molecule has 2 heterocycles. The predicted octanol–water partition coefficient (Wildman–Crippen LogP) is 2.76. The van der Waals surface area contributed by atoms with Crippen molar-refractivity contribution in [3.8, 4) is 10.6 Å². The van der Waals surface area contributed by atoms with Crippen LogP contribution in [0.4, 0.5) is 5.13 Å². The summed E-state index contributed by atoms with van der Waals surface area (Å²) < 4.78 is 0. The molecule has 0 saturated heterocycles. The Labute approximate surface area is 136 Å². The monoisotopic (exact) mass is 326 g/mol. The summed E-state index contributed by atoms with van der Waals surface area (Å²) in [5.74, 6) is -0.504. The third-order valence-electron chi connectivity index (χ3n) is 3.32. The van der Waals surface area contributed by atoms with E-state index in [1.165, 1.54) is 29.2 Å². The summed E-state index contributed by atoms with van der Waals surface area (Å²) in [7, 11) is 0. The number of aromatic amines is 1. The Morgan fingerprint density at radius 1 is 1.22 bits per heavy atom. The zero-order valence-corrected chi connectivity index (χ0v) is 13.4. The zero-order chi connectivity index (χ0) is 16.4. The molecule has 2 aromatic heterocycles. The van der Waals surface area contributed by atoms with E-state index in [0.29, 0.717) is 5.13 Å². The molecule has 0 aliphatic heterocycles. The summed E-state index contributed by atoms with van der Waals surface area (Å²) in [6.07, 6.45) is 1.47. The average Bonchev–Trinajstić information content (AvgIpc) is 2.95. The predicted molar refractivity (Wildman–Crippen MR) is 89.8 cm³/mol. The number of nitrogens with zero attached hydrogens (tertiary/aromatic N) is 2. The minimum Gasteiger partial charge on any atom is -0.328 e. The number of aryl methyl sites for hydroxylation is 2. The molecule has 0 fully saturated rings. The van der Waals surface area contributed by atoms with Crippen molar-refractivity contribution in [3.63, 3.8) is 0 Å². The average molecular weight is 326 g/mol. The summed E-state index contributed by atoms with van der Waals surface area (Å²) in [5, 5.41) is 11.8. The van der Waals surface area contributed by atoms with E-state index in [1.807, 2.05) is 26.0 Å².